The van der Waals surface area contributed by atoms with Crippen LogP contribution in [0.5, 0.6) is 5.75 Å². The SMILES string of the molecule is O=C(COc1ccccc1F)NC(c1ccccc1)c1ccco1. The molecule has 1 N–H and O–H groups in total. The van der Waals surface area contributed by atoms with E-state index in [9.17, 15) is 9.18 Å². The highest BCUT2D eigenvalue weighted by Gasteiger charge is 2.19. The molecular formula is C19H16FNO3. The molecule has 0 aliphatic carbocycles. The third kappa shape index (κ3) is 3.81. The van der Waals surface area contributed by atoms with Crippen LogP contribution < -0.4 is 10.1 Å². The van der Waals surface area contributed by atoms with Crippen LogP contribution in [0.15, 0.2) is 77.4 Å². The van der Waals surface area contributed by atoms with Crippen molar-refractivity contribution in [1.82, 2.24) is 5.32 Å². The maximum absolute atomic E-state index is 13.5. The molecule has 1 unspecified atom stereocenters. The van der Waals surface area contributed by atoms with Gasteiger partial charge in [0.2, 0.25) is 0 Å². The first kappa shape index (κ1) is 15.8. The van der Waals surface area contributed by atoms with Crippen LogP contribution >= 0.6 is 0 Å². The van der Waals surface area contributed by atoms with E-state index in [4.69, 9.17) is 9.15 Å². The Labute approximate surface area is 138 Å². The van der Waals surface area contributed by atoms with Gasteiger partial charge in [-0.2, -0.15) is 0 Å². The Bertz CT molecular complexity index is 787. The first-order chi connectivity index (χ1) is 11.7. The highest BCUT2D eigenvalue weighted by atomic mass is 19.1. The summed E-state index contributed by atoms with van der Waals surface area (Å²) in [4.78, 5) is 12.2. The Morgan fingerprint density at radius 3 is 2.50 bits per heavy atom. The average molecular weight is 325 g/mol. The van der Waals surface area contributed by atoms with E-state index in [1.165, 1.54) is 12.1 Å². The number of carbonyl (C=O) groups is 1. The second-order valence-electron chi connectivity index (χ2n) is 5.15. The summed E-state index contributed by atoms with van der Waals surface area (Å²) in [6.07, 6.45) is 1.55. The Balaban J connectivity index is 1.69. The van der Waals surface area contributed by atoms with E-state index >= 15 is 0 Å². The highest BCUT2D eigenvalue weighted by Crippen LogP contribution is 2.22. The number of nitrogens with one attached hydrogen (secondary N) is 1. The Kier molecular flexibility index (Phi) is 4.91. The standard InChI is InChI=1S/C19H16FNO3/c20-15-9-4-5-10-16(15)24-13-18(22)21-19(17-11-6-12-23-17)14-7-2-1-3-8-14/h1-12,19H,13H2,(H,21,22). The van der Waals surface area contributed by atoms with Gasteiger partial charge in [-0.15, -0.1) is 0 Å². The minimum Gasteiger partial charge on any atom is -0.481 e. The molecule has 1 heterocycles. The number of benzene rings is 2. The zero-order valence-electron chi connectivity index (χ0n) is 12.8. The van der Waals surface area contributed by atoms with Crippen molar-refractivity contribution in [3.05, 3.63) is 90.1 Å². The van der Waals surface area contributed by atoms with Crippen molar-refractivity contribution in [3.8, 4) is 5.75 Å². The van der Waals surface area contributed by atoms with Gasteiger partial charge in [-0.1, -0.05) is 42.5 Å². The smallest absolute Gasteiger partial charge is 0.258 e. The van der Waals surface area contributed by atoms with Gasteiger partial charge in [0, 0.05) is 0 Å². The van der Waals surface area contributed by atoms with Gasteiger partial charge in [0.15, 0.2) is 18.2 Å². The lowest BCUT2D eigenvalue weighted by Gasteiger charge is -2.17. The summed E-state index contributed by atoms with van der Waals surface area (Å²) in [5, 5.41) is 2.85. The van der Waals surface area contributed by atoms with Crippen LogP contribution in [0, 0.1) is 5.82 Å². The molecule has 3 rings (SSSR count). The van der Waals surface area contributed by atoms with Crippen molar-refractivity contribution >= 4 is 5.91 Å². The number of rotatable bonds is 6. The monoisotopic (exact) mass is 325 g/mol. The average Bonchev–Trinajstić information content (AvgIpc) is 3.14. The predicted octanol–water partition coefficient (Wildman–Crippen LogP) is 3.70. The number of halogens is 1. The zero-order chi connectivity index (χ0) is 16.8. The highest BCUT2D eigenvalue weighted by molar-refractivity contribution is 5.78. The maximum Gasteiger partial charge on any atom is 0.258 e. The van der Waals surface area contributed by atoms with Crippen LogP contribution in [0.25, 0.3) is 0 Å². The van der Waals surface area contributed by atoms with E-state index in [0.717, 1.165) is 5.56 Å². The van der Waals surface area contributed by atoms with Gasteiger partial charge in [-0.25, -0.2) is 4.39 Å². The maximum atomic E-state index is 13.5. The minimum atomic E-state index is -0.504. The van der Waals surface area contributed by atoms with Gasteiger partial charge in [0.1, 0.15) is 11.8 Å². The van der Waals surface area contributed by atoms with Crippen LogP contribution in [0.4, 0.5) is 4.39 Å². The first-order valence-corrected chi connectivity index (χ1v) is 7.49. The summed E-state index contributed by atoms with van der Waals surface area (Å²) >= 11 is 0. The lowest BCUT2D eigenvalue weighted by atomic mass is 10.0. The molecule has 1 atom stereocenters. The van der Waals surface area contributed by atoms with Gasteiger partial charge in [0.25, 0.3) is 5.91 Å². The number of para-hydroxylation sites is 1. The van der Waals surface area contributed by atoms with E-state index < -0.39 is 11.9 Å². The molecule has 4 nitrogen and oxygen atoms in total. The summed E-state index contributed by atoms with van der Waals surface area (Å²) < 4.78 is 24.2. The van der Waals surface area contributed by atoms with Gasteiger partial charge in [0.05, 0.1) is 6.26 Å². The molecule has 0 fully saturated rings. The van der Waals surface area contributed by atoms with Crippen LogP contribution in [0.1, 0.15) is 17.4 Å². The molecule has 0 saturated heterocycles. The minimum absolute atomic E-state index is 0.0434. The fourth-order valence-corrected chi connectivity index (χ4v) is 2.33. The molecule has 0 saturated carbocycles. The third-order valence-corrected chi connectivity index (χ3v) is 3.46. The number of hydrogen-bond acceptors (Lipinski definition) is 3. The predicted molar refractivity (Wildman–Crippen MR) is 87.0 cm³/mol. The van der Waals surface area contributed by atoms with Crippen molar-refractivity contribution in [2.75, 3.05) is 6.61 Å². The molecule has 0 bridgehead atoms. The first-order valence-electron chi connectivity index (χ1n) is 7.49. The zero-order valence-corrected chi connectivity index (χ0v) is 12.8. The number of carbonyl (C=O) groups excluding carboxylic acids is 1. The van der Waals surface area contributed by atoms with Crippen molar-refractivity contribution in [2.24, 2.45) is 0 Å². The van der Waals surface area contributed by atoms with E-state index in [1.54, 1.807) is 30.5 Å². The van der Waals surface area contributed by atoms with Gasteiger partial charge >= 0.3 is 0 Å². The molecule has 0 radical (unpaired) electrons. The molecule has 5 heteroatoms. The molecule has 122 valence electrons. The van der Waals surface area contributed by atoms with Gasteiger partial charge in [-0.3, -0.25) is 4.79 Å². The topological polar surface area (TPSA) is 51.5 Å². The second kappa shape index (κ2) is 7.46. The van der Waals surface area contributed by atoms with E-state index in [1.807, 2.05) is 30.3 Å². The fourth-order valence-electron chi connectivity index (χ4n) is 2.33. The van der Waals surface area contributed by atoms with E-state index in [0.29, 0.717) is 5.76 Å². The summed E-state index contributed by atoms with van der Waals surface area (Å²) in [6, 6.07) is 18.5. The summed E-state index contributed by atoms with van der Waals surface area (Å²) in [5.41, 5.74) is 0.881. The lowest BCUT2D eigenvalue weighted by Crippen LogP contribution is -2.33. The largest absolute Gasteiger partial charge is 0.481 e. The van der Waals surface area contributed by atoms with Crippen molar-refractivity contribution in [1.29, 1.82) is 0 Å². The second-order valence-corrected chi connectivity index (χ2v) is 5.15. The molecular weight excluding hydrogens is 309 g/mol. The number of amides is 1. The van der Waals surface area contributed by atoms with Crippen LogP contribution in [-0.2, 0) is 4.79 Å². The van der Waals surface area contributed by atoms with Crippen LogP contribution in [0.2, 0.25) is 0 Å². The Hall–Kier alpha value is -3.08. The number of hydrogen-bond donors (Lipinski definition) is 1. The molecule has 0 aliphatic heterocycles. The third-order valence-electron chi connectivity index (χ3n) is 3.46. The number of furan rings is 1. The van der Waals surface area contributed by atoms with E-state index in [2.05, 4.69) is 5.32 Å². The Morgan fingerprint density at radius 1 is 1.04 bits per heavy atom. The van der Waals surface area contributed by atoms with Gasteiger partial charge in [-0.05, 0) is 29.8 Å². The molecule has 1 amide bonds. The summed E-state index contributed by atoms with van der Waals surface area (Å²) in [6.45, 7) is -0.287. The Morgan fingerprint density at radius 2 is 1.79 bits per heavy atom. The summed E-state index contributed by atoms with van der Waals surface area (Å²) in [7, 11) is 0. The lowest BCUT2D eigenvalue weighted by molar-refractivity contribution is -0.123. The van der Waals surface area contributed by atoms with Crippen molar-refractivity contribution in [3.63, 3.8) is 0 Å². The summed E-state index contributed by atoms with van der Waals surface area (Å²) in [5.74, 6) is -0.221. The molecule has 0 spiro atoms. The van der Waals surface area contributed by atoms with Gasteiger partial charge < -0.3 is 14.5 Å². The number of ether oxygens (including phenoxy) is 1. The van der Waals surface area contributed by atoms with Crippen molar-refractivity contribution in [2.45, 2.75) is 6.04 Å². The fraction of sp³-hybridized carbons (Fsp3) is 0.105. The molecule has 1 aromatic heterocycles. The van der Waals surface area contributed by atoms with Crippen LogP contribution in [-0.4, -0.2) is 12.5 Å². The molecule has 3 aromatic rings. The quantitative estimate of drug-likeness (QED) is 0.752. The molecule has 24 heavy (non-hydrogen) atoms. The van der Waals surface area contributed by atoms with Crippen molar-refractivity contribution < 1.29 is 18.3 Å². The molecule has 2 aromatic carbocycles. The molecule has 0 aliphatic rings. The van der Waals surface area contributed by atoms with Crippen LogP contribution in [0.3, 0.4) is 0 Å². The van der Waals surface area contributed by atoms with E-state index in [-0.39, 0.29) is 18.3 Å². The normalized spacial score (nSPS) is 11.7.